The van der Waals surface area contributed by atoms with Gasteiger partial charge < -0.3 is 15.1 Å². The number of nitrogens with zero attached hydrogens (tertiary/aromatic N) is 3. The number of nitrogens with one attached hydrogen (secondary N) is 1. The number of hydrogen-bond donors (Lipinski definition) is 1. The third kappa shape index (κ3) is 5.80. The van der Waals surface area contributed by atoms with Gasteiger partial charge in [0.2, 0.25) is 17.7 Å². The molecule has 0 radical (unpaired) electrons. The van der Waals surface area contributed by atoms with Gasteiger partial charge in [-0.05, 0) is 30.9 Å². The number of carbonyl (C=O) groups excluding carboxylic acids is 3. The molecule has 1 aliphatic heterocycles. The van der Waals surface area contributed by atoms with Crippen LogP contribution >= 0.6 is 0 Å². The van der Waals surface area contributed by atoms with E-state index in [1.807, 2.05) is 39.0 Å². The Hall–Kier alpha value is -2.88. The molecule has 0 bridgehead atoms. The highest BCUT2D eigenvalue weighted by molar-refractivity contribution is 5.96. The lowest BCUT2D eigenvalue weighted by molar-refractivity contribution is -0.140. The monoisotopic (exact) mass is 398 g/mol. The summed E-state index contributed by atoms with van der Waals surface area (Å²) in [6, 6.07) is 10.5. The number of amides is 3. The Morgan fingerprint density at radius 1 is 1.28 bits per heavy atom. The SMILES string of the molecule is CN(CC(=O)N1CC(C)(C(=O)Nc2ccccc2)CC1C#N)C(=O)CC(C)(C)C. The first-order chi connectivity index (χ1) is 13.4. The van der Waals surface area contributed by atoms with Gasteiger partial charge in [-0.15, -0.1) is 0 Å². The summed E-state index contributed by atoms with van der Waals surface area (Å²) in [5, 5.41) is 12.4. The normalized spacial score (nSPS) is 21.4. The van der Waals surface area contributed by atoms with E-state index in [4.69, 9.17) is 0 Å². The predicted octanol–water partition coefficient (Wildman–Crippen LogP) is 2.65. The van der Waals surface area contributed by atoms with Crippen LogP contribution in [0.2, 0.25) is 0 Å². The third-order valence-electron chi connectivity index (χ3n) is 5.07. The molecule has 0 saturated carbocycles. The number of para-hydroxylation sites is 1. The predicted molar refractivity (Wildman–Crippen MR) is 111 cm³/mol. The van der Waals surface area contributed by atoms with E-state index in [0.29, 0.717) is 12.1 Å². The van der Waals surface area contributed by atoms with Crippen LogP contribution in [0.5, 0.6) is 0 Å². The number of benzene rings is 1. The first-order valence-corrected chi connectivity index (χ1v) is 9.75. The van der Waals surface area contributed by atoms with E-state index in [9.17, 15) is 19.6 Å². The van der Waals surface area contributed by atoms with E-state index in [2.05, 4.69) is 11.4 Å². The van der Waals surface area contributed by atoms with Crippen LogP contribution in [-0.2, 0) is 14.4 Å². The summed E-state index contributed by atoms with van der Waals surface area (Å²) in [4.78, 5) is 40.8. The number of carbonyl (C=O) groups is 3. The highest BCUT2D eigenvalue weighted by Crippen LogP contribution is 2.35. The van der Waals surface area contributed by atoms with Crippen LogP contribution in [0.4, 0.5) is 5.69 Å². The summed E-state index contributed by atoms with van der Waals surface area (Å²) in [6.45, 7) is 7.68. The Morgan fingerprint density at radius 3 is 2.45 bits per heavy atom. The maximum absolute atomic E-state index is 12.8. The Balaban J connectivity index is 2.05. The molecule has 1 heterocycles. The van der Waals surface area contributed by atoms with Gasteiger partial charge in [0.1, 0.15) is 6.04 Å². The summed E-state index contributed by atoms with van der Waals surface area (Å²) < 4.78 is 0. The molecule has 3 amide bonds. The molecular weight excluding hydrogens is 368 g/mol. The van der Waals surface area contributed by atoms with Gasteiger partial charge in [0, 0.05) is 25.7 Å². The van der Waals surface area contributed by atoms with E-state index >= 15 is 0 Å². The average molecular weight is 399 g/mol. The molecule has 1 N–H and O–H groups in total. The Morgan fingerprint density at radius 2 is 1.90 bits per heavy atom. The maximum Gasteiger partial charge on any atom is 0.243 e. The van der Waals surface area contributed by atoms with Crippen molar-refractivity contribution in [2.75, 3.05) is 25.5 Å². The Bertz CT molecular complexity index is 810. The first kappa shape index (κ1) is 22.4. The molecular formula is C22H30N4O3. The molecule has 1 fully saturated rings. The summed E-state index contributed by atoms with van der Waals surface area (Å²) in [5.41, 5.74) is -0.380. The molecule has 2 unspecified atom stereocenters. The highest BCUT2D eigenvalue weighted by atomic mass is 16.2. The van der Waals surface area contributed by atoms with Gasteiger partial charge in [-0.2, -0.15) is 5.26 Å². The average Bonchev–Trinajstić information content (AvgIpc) is 2.99. The number of hydrogen-bond acceptors (Lipinski definition) is 4. The smallest absolute Gasteiger partial charge is 0.243 e. The van der Waals surface area contributed by atoms with Crippen molar-refractivity contribution in [2.45, 2.75) is 46.6 Å². The van der Waals surface area contributed by atoms with Crippen molar-refractivity contribution in [3.8, 4) is 6.07 Å². The second-order valence-corrected chi connectivity index (χ2v) is 9.24. The van der Waals surface area contributed by atoms with Crippen LogP contribution in [0.3, 0.4) is 0 Å². The van der Waals surface area contributed by atoms with Gasteiger partial charge in [0.25, 0.3) is 0 Å². The Kier molecular flexibility index (Phi) is 6.68. The molecule has 2 rings (SSSR count). The zero-order valence-electron chi connectivity index (χ0n) is 17.9. The standard InChI is InChI=1S/C22H30N4O3/c1-21(2,3)12-18(27)25(5)14-19(28)26-15-22(4,11-17(26)13-23)20(29)24-16-9-7-6-8-10-16/h6-10,17H,11-12,14-15H2,1-5H3,(H,24,29). The molecule has 1 aromatic carbocycles. The molecule has 29 heavy (non-hydrogen) atoms. The number of likely N-dealkylation sites (N-methyl/N-ethyl adjacent to an activating group) is 1. The van der Waals surface area contributed by atoms with Crippen molar-refractivity contribution in [3.05, 3.63) is 30.3 Å². The van der Waals surface area contributed by atoms with Crippen LogP contribution in [-0.4, -0.2) is 53.7 Å². The van der Waals surface area contributed by atoms with Crippen LogP contribution in [0.15, 0.2) is 30.3 Å². The highest BCUT2D eigenvalue weighted by Gasteiger charge is 2.48. The maximum atomic E-state index is 12.8. The summed E-state index contributed by atoms with van der Waals surface area (Å²) in [5.74, 6) is -0.669. The van der Waals surface area contributed by atoms with Gasteiger partial charge in [-0.3, -0.25) is 14.4 Å². The van der Waals surface area contributed by atoms with Gasteiger partial charge in [-0.1, -0.05) is 39.0 Å². The largest absolute Gasteiger partial charge is 0.336 e. The van der Waals surface area contributed by atoms with Gasteiger partial charge in [0.15, 0.2) is 0 Å². The van der Waals surface area contributed by atoms with Crippen molar-refractivity contribution in [3.63, 3.8) is 0 Å². The fourth-order valence-corrected chi connectivity index (χ4v) is 3.40. The molecule has 1 aliphatic rings. The number of nitriles is 1. The summed E-state index contributed by atoms with van der Waals surface area (Å²) in [6.07, 6.45) is 0.587. The lowest BCUT2D eigenvalue weighted by Gasteiger charge is -2.27. The fourth-order valence-electron chi connectivity index (χ4n) is 3.40. The molecule has 0 aromatic heterocycles. The second-order valence-electron chi connectivity index (χ2n) is 9.24. The van der Waals surface area contributed by atoms with Gasteiger partial charge in [0.05, 0.1) is 18.0 Å². The van der Waals surface area contributed by atoms with Crippen LogP contribution in [0, 0.1) is 22.2 Å². The summed E-state index contributed by atoms with van der Waals surface area (Å²) >= 11 is 0. The lowest BCUT2D eigenvalue weighted by Crippen LogP contribution is -2.45. The zero-order valence-corrected chi connectivity index (χ0v) is 17.9. The van der Waals surface area contributed by atoms with E-state index in [0.717, 1.165) is 0 Å². The van der Waals surface area contributed by atoms with Crippen molar-refractivity contribution in [1.82, 2.24) is 9.80 Å². The van der Waals surface area contributed by atoms with Crippen molar-refractivity contribution in [2.24, 2.45) is 10.8 Å². The van der Waals surface area contributed by atoms with Crippen LogP contribution < -0.4 is 5.32 Å². The second kappa shape index (κ2) is 8.64. The molecule has 1 aromatic rings. The Labute approximate surface area is 172 Å². The molecule has 0 aliphatic carbocycles. The topological polar surface area (TPSA) is 93.5 Å². The zero-order chi connectivity index (χ0) is 21.8. The fraction of sp³-hybridized carbons (Fsp3) is 0.545. The van der Waals surface area contributed by atoms with Crippen molar-refractivity contribution < 1.29 is 14.4 Å². The molecule has 7 heteroatoms. The van der Waals surface area contributed by atoms with E-state index in [-0.39, 0.29) is 42.6 Å². The van der Waals surface area contributed by atoms with Gasteiger partial charge >= 0.3 is 0 Å². The quantitative estimate of drug-likeness (QED) is 0.825. The minimum Gasteiger partial charge on any atom is -0.336 e. The first-order valence-electron chi connectivity index (χ1n) is 9.75. The molecule has 0 spiro atoms. The third-order valence-corrected chi connectivity index (χ3v) is 5.07. The minimum absolute atomic E-state index is 0.108. The number of likely N-dealkylation sites (tertiary alicyclic amines) is 1. The molecule has 156 valence electrons. The van der Waals surface area contributed by atoms with Crippen LogP contribution in [0.25, 0.3) is 0 Å². The van der Waals surface area contributed by atoms with Crippen molar-refractivity contribution in [1.29, 1.82) is 5.26 Å². The van der Waals surface area contributed by atoms with Gasteiger partial charge in [-0.25, -0.2) is 0 Å². The van der Waals surface area contributed by atoms with E-state index in [1.165, 1.54) is 9.80 Å². The lowest BCUT2D eigenvalue weighted by atomic mass is 9.87. The van der Waals surface area contributed by atoms with Crippen molar-refractivity contribution >= 4 is 23.4 Å². The number of rotatable bonds is 5. The molecule has 2 atom stereocenters. The van der Waals surface area contributed by atoms with Crippen LogP contribution in [0.1, 0.15) is 40.5 Å². The molecule has 1 saturated heterocycles. The molecule has 7 nitrogen and oxygen atoms in total. The van der Waals surface area contributed by atoms with E-state index in [1.54, 1.807) is 26.1 Å². The summed E-state index contributed by atoms with van der Waals surface area (Å²) in [7, 11) is 1.59. The minimum atomic E-state index is -0.875. The van der Waals surface area contributed by atoms with E-state index < -0.39 is 11.5 Å². The number of anilines is 1.